The Kier molecular flexibility index (Phi) is 7.39. The molecular weight excluding hydrogens is 456 g/mol. The number of rotatable bonds is 9. The van der Waals surface area contributed by atoms with E-state index in [4.69, 9.17) is 19.4 Å². The van der Waals surface area contributed by atoms with E-state index in [1.807, 2.05) is 42.5 Å². The molecule has 0 aliphatic carbocycles. The van der Waals surface area contributed by atoms with Gasteiger partial charge in [0.2, 0.25) is 0 Å². The van der Waals surface area contributed by atoms with Crippen LogP contribution in [0.1, 0.15) is 6.42 Å². The van der Waals surface area contributed by atoms with Crippen molar-refractivity contribution in [2.24, 2.45) is 0 Å². The van der Waals surface area contributed by atoms with Crippen LogP contribution in [0.5, 0.6) is 0 Å². The SMILES string of the molecule is COCCCNc1cccc(-c2cc3cc[nH]c(=O)c3c(Nc3ccc(N4CCOCC4)cc3)n2)n1. The molecule has 3 N–H and O–H groups in total. The summed E-state index contributed by atoms with van der Waals surface area (Å²) in [6.07, 6.45) is 2.54. The Bertz CT molecular complexity index is 1370. The molecule has 0 spiro atoms. The maximum absolute atomic E-state index is 12.7. The molecule has 0 radical (unpaired) electrons. The van der Waals surface area contributed by atoms with Crippen molar-refractivity contribution in [1.29, 1.82) is 0 Å². The molecule has 1 aliphatic rings. The topological polar surface area (TPSA) is 104 Å². The first-order valence-corrected chi connectivity index (χ1v) is 12.1. The van der Waals surface area contributed by atoms with E-state index in [1.165, 1.54) is 0 Å². The highest BCUT2D eigenvalue weighted by atomic mass is 16.5. The molecular formula is C27H30N6O3. The highest BCUT2D eigenvalue weighted by Gasteiger charge is 2.14. The summed E-state index contributed by atoms with van der Waals surface area (Å²) >= 11 is 0. The number of nitrogens with one attached hydrogen (secondary N) is 3. The van der Waals surface area contributed by atoms with E-state index in [9.17, 15) is 4.79 Å². The lowest BCUT2D eigenvalue weighted by atomic mass is 10.1. The molecule has 0 atom stereocenters. The van der Waals surface area contributed by atoms with Crippen LogP contribution in [-0.4, -0.2) is 61.5 Å². The van der Waals surface area contributed by atoms with E-state index in [1.54, 1.807) is 13.3 Å². The molecule has 9 nitrogen and oxygen atoms in total. The summed E-state index contributed by atoms with van der Waals surface area (Å²) in [5.41, 5.74) is 3.20. The van der Waals surface area contributed by atoms with Gasteiger partial charge in [-0.15, -0.1) is 0 Å². The third-order valence-corrected chi connectivity index (χ3v) is 6.10. The lowest BCUT2D eigenvalue weighted by Crippen LogP contribution is -2.36. The molecule has 1 aliphatic heterocycles. The monoisotopic (exact) mass is 486 g/mol. The van der Waals surface area contributed by atoms with Gasteiger partial charge >= 0.3 is 0 Å². The fourth-order valence-corrected chi connectivity index (χ4v) is 4.26. The summed E-state index contributed by atoms with van der Waals surface area (Å²) in [5.74, 6) is 1.26. The first kappa shape index (κ1) is 23.8. The molecule has 3 aromatic heterocycles. The number of hydrogen-bond acceptors (Lipinski definition) is 8. The second kappa shape index (κ2) is 11.2. The van der Waals surface area contributed by atoms with Gasteiger partial charge in [0.1, 0.15) is 11.6 Å². The Labute approximate surface area is 209 Å². The lowest BCUT2D eigenvalue weighted by molar-refractivity contribution is 0.122. The van der Waals surface area contributed by atoms with E-state index in [0.717, 1.165) is 67.5 Å². The molecule has 9 heteroatoms. The molecule has 0 bridgehead atoms. The number of morpholine rings is 1. The Hall–Kier alpha value is -3.95. The van der Waals surface area contributed by atoms with E-state index >= 15 is 0 Å². The Balaban J connectivity index is 1.44. The first-order chi connectivity index (χ1) is 17.7. The van der Waals surface area contributed by atoms with Gasteiger partial charge in [0.25, 0.3) is 5.56 Å². The summed E-state index contributed by atoms with van der Waals surface area (Å²) in [5, 5.41) is 7.98. The van der Waals surface area contributed by atoms with Crippen molar-refractivity contribution in [3.05, 3.63) is 71.1 Å². The minimum atomic E-state index is -0.194. The molecule has 0 amide bonds. The average Bonchev–Trinajstić information content (AvgIpc) is 2.92. The van der Waals surface area contributed by atoms with Gasteiger partial charge in [-0.1, -0.05) is 6.07 Å². The van der Waals surface area contributed by atoms with Crippen LogP contribution in [0.2, 0.25) is 0 Å². The van der Waals surface area contributed by atoms with Gasteiger partial charge in [0.15, 0.2) is 0 Å². The second-order valence-electron chi connectivity index (χ2n) is 8.58. The van der Waals surface area contributed by atoms with Gasteiger partial charge in [-0.3, -0.25) is 4.79 Å². The number of aromatic nitrogens is 3. The maximum atomic E-state index is 12.7. The van der Waals surface area contributed by atoms with Gasteiger partial charge in [-0.25, -0.2) is 9.97 Å². The fourth-order valence-electron chi connectivity index (χ4n) is 4.26. The van der Waals surface area contributed by atoms with Crippen LogP contribution in [0, 0.1) is 0 Å². The van der Waals surface area contributed by atoms with Gasteiger partial charge in [0, 0.05) is 50.9 Å². The van der Waals surface area contributed by atoms with E-state index in [-0.39, 0.29) is 5.56 Å². The van der Waals surface area contributed by atoms with Crippen molar-refractivity contribution in [2.75, 3.05) is 62.1 Å². The summed E-state index contributed by atoms with van der Waals surface area (Å²) in [6.45, 7) is 4.69. The highest BCUT2D eigenvalue weighted by molar-refractivity contribution is 5.95. The number of nitrogens with zero attached hydrogens (tertiary/aromatic N) is 3. The Morgan fingerprint density at radius 1 is 1.06 bits per heavy atom. The predicted octanol–water partition coefficient (Wildman–Crippen LogP) is 4.01. The molecule has 4 heterocycles. The van der Waals surface area contributed by atoms with E-state index in [0.29, 0.717) is 23.5 Å². The van der Waals surface area contributed by atoms with Crippen molar-refractivity contribution in [3.8, 4) is 11.4 Å². The first-order valence-electron chi connectivity index (χ1n) is 12.1. The molecule has 1 aromatic carbocycles. The van der Waals surface area contributed by atoms with Crippen molar-refractivity contribution >= 4 is 33.8 Å². The van der Waals surface area contributed by atoms with E-state index in [2.05, 4.69) is 32.7 Å². The van der Waals surface area contributed by atoms with Gasteiger partial charge in [-0.2, -0.15) is 0 Å². The highest BCUT2D eigenvalue weighted by Crippen LogP contribution is 2.28. The molecule has 0 saturated carbocycles. The van der Waals surface area contributed by atoms with Gasteiger partial charge in [0.05, 0.1) is 30.0 Å². The molecule has 186 valence electrons. The standard InChI is InChI=1S/C27H30N6O3/c1-35-15-3-11-28-24-5-2-4-22(31-24)23-18-19-10-12-29-27(34)25(19)26(32-23)30-20-6-8-21(9-7-20)33-13-16-36-17-14-33/h2,4-10,12,18H,3,11,13-17H2,1H3,(H,28,31)(H,29,34)(H,30,32). The Morgan fingerprint density at radius 2 is 1.89 bits per heavy atom. The number of hydrogen-bond donors (Lipinski definition) is 3. The molecule has 36 heavy (non-hydrogen) atoms. The van der Waals surface area contributed by atoms with Crippen molar-refractivity contribution < 1.29 is 9.47 Å². The molecule has 4 aromatic rings. The zero-order valence-electron chi connectivity index (χ0n) is 20.3. The van der Waals surface area contributed by atoms with Crippen LogP contribution < -0.4 is 21.1 Å². The normalized spacial score (nSPS) is 13.6. The smallest absolute Gasteiger partial charge is 0.259 e. The van der Waals surface area contributed by atoms with Crippen LogP contribution in [-0.2, 0) is 9.47 Å². The fraction of sp³-hybridized carbons (Fsp3) is 0.296. The third-order valence-electron chi connectivity index (χ3n) is 6.10. The van der Waals surface area contributed by atoms with Crippen molar-refractivity contribution in [2.45, 2.75) is 6.42 Å². The maximum Gasteiger partial charge on any atom is 0.259 e. The lowest BCUT2D eigenvalue weighted by Gasteiger charge is -2.28. The number of anilines is 4. The minimum absolute atomic E-state index is 0.194. The Morgan fingerprint density at radius 3 is 2.69 bits per heavy atom. The van der Waals surface area contributed by atoms with Crippen LogP contribution in [0.25, 0.3) is 22.2 Å². The quantitative estimate of drug-likeness (QED) is 0.305. The number of benzene rings is 1. The van der Waals surface area contributed by atoms with E-state index < -0.39 is 0 Å². The minimum Gasteiger partial charge on any atom is -0.385 e. The van der Waals surface area contributed by atoms with Gasteiger partial charge < -0.3 is 30.0 Å². The predicted molar refractivity (Wildman–Crippen MR) is 143 cm³/mol. The number of methoxy groups -OCH3 is 1. The zero-order valence-corrected chi connectivity index (χ0v) is 20.3. The van der Waals surface area contributed by atoms with Gasteiger partial charge in [-0.05, 0) is 60.3 Å². The van der Waals surface area contributed by atoms with Crippen molar-refractivity contribution in [3.63, 3.8) is 0 Å². The number of H-pyrrole nitrogens is 1. The average molecular weight is 487 g/mol. The molecule has 1 saturated heterocycles. The molecule has 0 unspecified atom stereocenters. The zero-order chi connectivity index (χ0) is 24.7. The van der Waals surface area contributed by atoms with Crippen LogP contribution in [0.15, 0.2) is 65.6 Å². The van der Waals surface area contributed by atoms with Crippen molar-refractivity contribution in [1.82, 2.24) is 15.0 Å². The third kappa shape index (κ3) is 5.48. The summed E-state index contributed by atoms with van der Waals surface area (Å²) in [6, 6.07) is 17.7. The number of fused-ring (bicyclic) bond motifs is 1. The van der Waals surface area contributed by atoms with Crippen LogP contribution in [0.4, 0.5) is 23.0 Å². The molecule has 1 fully saturated rings. The number of aromatic amines is 1. The number of pyridine rings is 3. The summed E-state index contributed by atoms with van der Waals surface area (Å²) < 4.78 is 10.6. The summed E-state index contributed by atoms with van der Waals surface area (Å²) in [4.78, 5) is 27.4. The summed E-state index contributed by atoms with van der Waals surface area (Å²) in [7, 11) is 1.69. The largest absolute Gasteiger partial charge is 0.385 e. The van der Waals surface area contributed by atoms with Crippen LogP contribution in [0.3, 0.4) is 0 Å². The van der Waals surface area contributed by atoms with Crippen LogP contribution >= 0.6 is 0 Å². The second-order valence-corrected chi connectivity index (χ2v) is 8.58. The molecule has 5 rings (SSSR count). The number of ether oxygens (including phenoxy) is 2.